The van der Waals surface area contributed by atoms with Gasteiger partial charge in [-0.1, -0.05) is 70.6 Å². The SMILES string of the molecule is NCCCNC(=O)CCN1CCCCCCCCCCCCCCC1. The Morgan fingerprint density at radius 3 is 1.64 bits per heavy atom. The van der Waals surface area contributed by atoms with Crippen LogP contribution in [-0.2, 0) is 4.79 Å². The molecule has 0 unspecified atom stereocenters. The Bertz CT molecular complexity index is 294. The lowest BCUT2D eigenvalue weighted by molar-refractivity contribution is -0.121. The van der Waals surface area contributed by atoms with Gasteiger partial charge < -0.3 is 16.0 Å². The van der Waals surface area contributed by atoms with Gasteiger partial charge in [-0.3, -0.25) is 4.79 Å². The van der Waals surface area contributed by atoms with Crippen LogP contribution in [0.15, 0.2) is 0 Å². The topological polar surface area (TPSA) is 58.4 Å². The molecule has 1 rings (SSSR count). The fraction of sp³-hybridized carbons (Fsp3) is 0.952. The predicted octanol–water partition coefficient (Wildman–Crippen LogP) is 4.23. The molecule has 148 valence electrons. The third kappa shape index (κ3) is 14.3. The standard InChI is InChI=1S/C21H43N3O/c22-16-14-17-23-21(25)15-20-24-18-12-10-8-6-4-2-1-3-5-7-9-11-13-19-24/h1-20,22H2,(H,23,25). The minimum atomic E-state index is 0.181. The first-order valence-electron chi connectivity index (χ1n) is 11.0. The second-order valence-corrected chi connectivity index (χ2v) is 7.68. The molecule has 0 aromatic rings. The third-order valence-electron chi connectivity index (χ3n) is 5.31. The molecule has 0 spiro atoms. The molecule has 0 aromatic heterocycles. The van der Waals surface area contributed by atoms with Crippen LogP contribution in [0.1, 0.15) is 96.3 Å². The molecule has 0 aromatic carbocycles. The number of carbonyl (C=O) groups is 1. The lowest BCUT2D eigenvalue weighted by atomic mass is 10.0. The summed E-state index contributed by atoms with van der Waals surface area (Å²) in [5.41, 5.74) is 5.47. The maximum atomic E-state index is 11.9. The van der Waals surface area contributed by atoms with E-state index < -0.39 is 0 Å². The van der Waals surface area contributed by atoms with E-state index in [1.807, 2.05) is 0 Å². The molecule has 0 atom stereocenters. The van der Waals surface area contributed by atoms with Crippen LogP contribution >= 0.6 is 0 Å². The van der Waals surface area contributed by atoms with Crippen molar-refractivity contribution >= 4 is 5.91 Å². The van der Waals surface area contributed by atoms with Crippen molar-refractivity contribution in [2.75, 3.05) is 32.7 Å². The van der Waals surface area contributed by atoms with Crippen molar-refractivity contribution in [3.05, 3.63) is 0 Å². The van der Waals surface area contributed by atoms with Crippen LogP contribution in [0, 0.1) is 0 Å². The van der Waals surface area contributed by atoms with Gasteiger partial charge in [0, 0.05) is 19.5 Å². The summed E-state index contributed by atoms with van der Waals surface area (Å²) >= 11 is 0. The molecule has 0 saturated carbocycles. The summed E-state index contributed by atoms with van der Waals surface area (Å²) in [4.78, 5) is 14.4. The minimum absolute atomic E-state index is 0.181. The molecule has 0 bridgehead atoms. The molecule has 3 N–H and O–H groups in total. The fourth-order valence-electron chi connectivity index (χ4n) is 3.63. The number of nitrogens with two attached hydrogens (primary N) is 1. The largest absolute Gasteiger partial charge is 0.356 e. The highest BCUT2D eigenvalue weighted by molar-refractivity contribution is 5.75. The van der Waals surface area contributed by atoms with E-state index in [1.54, 1.807) is 0 Å². The number of amides is 1. The van der Waals surface area contributed by atoms with E-state index in [4.69, 9.17) is 5.73 Å². The van der Waals surface area contributed by atoms with Gasteiger partial charge >= 0.3 is 0 Å². The van der Waals surface area contributed by atoms with Crippen molar-refractivity contribution in [1.82, 2.24) is 10.2 Å². The number of nitrogens with one attached hydrogen (secondary N) is 1. The van der Waals surface area contributed by atoms with Crippen molar-refractivity contribution < 1.29 is 4.79 Å². The first-order valence-corrected chi connectivity index (χ1v) is 11.0. The third-order valence-corrected chi connectivity index (χ3v) is 5.31. The highest BCUT2D eigenvalue weighted by Crippen LogP contribution is 2.14. The van der Waals surface area contributed by atoms with E-state index in [2.05, 4.69) is 10.2 Å². The molecule has 1 amide bonds. The molecule has 1 fully saturated rings. The number of hydrogen-bond donors (Lipinski definition) is 2. The molecular formula is C21H43N3O. The zero-order valence-electron chi connectivity index (χ0n) is 16.6. The second-order valence-electron chi connectivity index (χ2n) is 7.68. The van der Waals surface area contributed by atoms with Gasteiger partial charge in [-0.05, 0) is 38.9 Å². The summed E-state index contributed by atoms with van der Waals surface area (Å²) < 4.78 is 0. The average Bonchev–Trinajstić information content (AvgIpc) is 2.61. The summed E-state index contributed by atoms with van der Waals surface area (Å²) in [6.07, 6.45) is 19.5. The summed E-state index contributed by atoms with van der Waals surface area (Å²) in [5.74, 6) is 0.181. The van der Waals surface area contributed by atoms with Crippen LogP contribution in [0.2, 0.25) is 0 Å². The number of carbonyl (C=O) groups excluding carboxylic acids is 1. The van der Waals surface area contributed by atoms with Gasteiger partial charge in [0.05, 0.1) is 0 Å². The molecular weight excluding hydrogens is 310 g/mol. The predicted molar refractivity (Wildman–Crippen MR) is 108 cm³/mol. The number of nitrogens with zero attached hydrogens (tertiary/aromatic N) is 1. The Kier molecular flexibility index (Phi) is 15.1. The van der Waals surface area contributed by atoms with Gasteiger partial charge in [-0.2, -0.15) is 0 Å². The van der Waals surface area contributed by atoms with Crippen molar-refractivity contribution in [2.45, 2.75) is 96.3 Å². The summed E-state index contributed by atoms with van der Waals surface area (Å²) in [6.45, 7) is 4.60. The van der Waals surface area contributed by atoms with E-state index in [0.717, 1.165) is 32.6 Å². The Morgan fingerprint density at radius 2 is 1.20 bits per heavy atom. The second kappa shape index (κ2) is 16.8. The van der Waals surface area contributed by atoms with Gasteiger partial charge in [-0.15, -0.1) is 0 Å². The summed E-state index contributed by atoms with van der Waals surface area (Å²) in [7, 11) is 0. The van der Waals surface area contributed by atoms with E-state index in [9.17, 15) is 4.79 Å². The lowest BCUT2D eigenvalue weighted by Gasteiger charge is -2.22. The van der Waals surface area contributed by atoms with Crippen LogP contribution < -0.4 is 11.1 Å². The molecule has 4 heteroatoms. The molecule has 0 radical (unpaired) electrons. The van der Waals surface area contributed by atoms with Crippen molar-refractivity contribution in [3.63, 3.8) is 0 Å². The Balaban J connectivity index is 2.25. The van der Waals surface area contributed by atoms with Crippen LogP contribution in [0.5, 0.6) is 0 Å². The first kappa shape index (κ1) is 22.4. The molecule has 1 aliphatic heterocycles. The van der Waals surface area contributed by atoms with Crippen LogP contribution in [0.4, 0.5) is 0 Å². The van der Waals surface area contributed by atoms with Crippen molar-refractivity contribution in [1.29, 1.82) is 0 Å². The van der Waals surface area contributed by atoms with E-state index in [0.29, 0.717) is 13.0 Å². The fourth-order valence-corrected chi connectivity index (χ4v) is 3.63. The molecule has 25 heavy (non-hydrogen) atoms. The normalized spacial score (nSPS) is 20.2. The number of hydrogen-bond acceptors (Lipinski definition) is 3. The Hall–Kier alpha value is -0.610. The minimum Gasteiger partial charge on any atom is -0.356 e. The van der Waals surface area contributed by atoms with Crippen LogP contribution in [0.25, 0.3) is 0 Å². The molecule has 1 saturated heterocycles. The highest BCUT2D eigenvalue weighted by atomic mass is 16.1. The van der Waals surface area contributed by atoms with Gasteiger partial charge in [0.25, 0.3) is 0 Å². The quantitative estimate of drug-likeness (QED) is 0.703. The smallest absolute Gasteiger partial charge is 0.221 e. The van der Waals surface area contributed by atoms with E-state index >= 15 is 0 Å². The highest BCUT2D eigenvalue weighted by Gasteiger charge is 2.08. The van der Waals surface area contributed by atoms with Gasteiger partial charge in [0.1, 0.15) is 0 Å². The van der Waals surface area contributed by atoms with Gasteiger partial charge in [0.15, 0.2) is 0 Å². The Morgan fingerprint density at radius 1 is 0.760 bits per heavy atom. The van der Waals surface area contributed by atoms with Crippen molar-refractivity contribution in [3.8, 4) is 0 Å². The summed E-state index contributed by atoms with van der Waals surface area (Å²) in [6, 6.07) is 0. The average molecular weight is 354 g/mol. The van der Waals surface area contributed by atoms with Crippen LogP contribution in [-0.4, -0.2) is 43.5 Å². The van der Waals surface area contributed by atoms with Crippen molar-refractivity contribution in [2.24, 2.45) is 5.73 Å². The van der Waals surface area contributed by atoms with Crippen LogP contribution in [0.3, 0.4) is 0 Å². The maximum absolute atomic E-state index is 11.9. The van der Waals surface area contributed by atoms with Gasteiger partial charge in [-0.25, -0.2) is 0 Å². The molecule has 1 aliphatic rings. The molecule has 4 nitrogen and oxygen atoms in total. The maximum Gasteiger partial charge on any atom is 0.221 e. The Labute approximate surface area is 156 Å². The first-order chi connectivity index (χ1) is 12.3. The van der Waals surface area contributed by atoms with E-state index in [-0.39, 0.29) is 5.91 Å². The molecule has 0 aliphatic carbocycles. The molecule has 1 heterocycles. The monoisotopic (exact) mass is 353 g/mol. The zero-order chi connectivity index (χ0) is 18.0. The lowest BCUT2D eigenvalue weighted by Crippen LogP contribution is -2.33. The van der Waals surface area contributed by atoms with E-state index in [1.165, 1.54) is 83.5 Å². The van der Waals surface area contributed by atoms with Gasteiger partial charge in [0.2, 0.25) is 5.91 Å². The summed E-state index contributed by atoms with van der Waals surface area (Å²) in [5, 5.41) is 2.97. The number of rotatable bonds is 6. The zero-order valence-corrected chi connectivity index (χ0v) is 16.6.